The van der Waals surface area contributed by atoms with Crippen LogP contribution in [0.5, 0.6) is 0 Å². The van der Waals surface area contributed by atoms with Gasteiger partial charge < -0.3 is 5.32 Å². The largest absolute Gasteiger partial charge is 0.311 e. The number of likely N-dealkylation sites (N-methyl/N-ethyl adjacent to an activating group) is 1. The van der Waals surface area contributed by atoms with Crippen molar-refractivity contribution in [3.8, 4) is 6.07 Å². The summed E-state index contributed by atoms with van der Waals surface area (Å²) < 4.78 is 0. The Balaban J connectivity index is 1.82. The zero-order valence-corrected chi connectivity index (χ0v) is 11.7. The first kappa shape index (κ1) is 13.8. The van der Waals surface area contributed by atoms with E-state index in [0.29, 0.717) is 12.1 Å². The molecule has 1 saturated carbocycles. The van der Waals surface area contributed by atoms with Gasteiger partial charge in [0.2, 0.25) is 0 Å². The third kappa shape index (κ3) is 3.46. The molecule has 0 aromatic rings. The van der Waals surface area contributed by atoms with Crippen molar-refractivity contribution in [2.24, 2.45) is 5.92 Å². The molecule has 102 valence electrons. The summed E-state index contributed by atoms with van der Waals surface area (Å²) in [6, 6.07) is 3.67. The molecule has 0 spiro atoms. The van der Waals surface area contributed by atoms with Gasteiger partial charge in [0.05, 0.1) is 12.0 Å². The predicted molar refractivity (Wildman–Crippen MR) is 74.2 cm³/mol. The Hall–Kier alpha value is -0.590. The Labute approximate surface area is 112 Å². The van der Waals surface area contributed by atoms with Gasteiger partial charge in [-0.25, -0.2) is 0 Å². The molecule has 18 heavy (non-hydrogen) atoms. The second-order valence-corrected chi connectivity index (χ2v) is 5.81. The lowest BCUT2D eigenvalue weighted by molar-refractivity contribution is 0.245. The fourth-order valence-corrected chi connectivity index (χ4v) is 3.54. The average Bonchev–Trinajstić information content (AvgIpc) is 2.73. The molecule has 1 N–H and O–H groups in total. The van der Waals surface area contributed by atoms with E-state index in [4.69, 9.17) is 0 Å². The van der Waals surface area contributed by atoms with Gasteiger partial charge in [0, 0.05) is 18.6 Å². The number of nitrogens with zero attached hydrogens (tertiary/aromatic N) is 2. The Morgan fingerprint density at radius 2 is 2.00 bits per heavy atom. The van der Waals surface area contributed by atoms with Crippen molar-refractivity contribution in [3.63, 3.8) is 0 Å². The molecule has 1 aliphatic carbocycles. The van der Waals surface area contributed by atoms with Crippen molar-refractivity contribution in [3.05, 3.63) is 0 Å². The molecule has 0 amide bonds. The van der Waals surface area contributed by atoms with Crippen LogP contribution in [0.3, 0.4) is 0 Å². The van der Waals surface area contributed by atoms with Gasteiger partial charge in [-0.05, 0) is 38.8 Å². The molecule has 3 heteroatoms. The standard InChI is InChI=1S/C15H27N3/c1-2-18-10-6-8-14(18)12-17-15-9-5-3-4-7-13(15)11-16/h13-15,17H,2-10,12H2,1H3. The van der Waals surface area contributed by atoms with Crippen LogP contribution in [0.25, 0.3) is 0 Å². The second-order valence-electron chi connectivity index (χ2n) is 5.81. The lowest BCUT2D eigenvalue weighted by Crippen LogP contribution is -2.44. The van der Waals surface area contributed by atoms with Gasteiger partial charge in [0.25, 0.3) is 0 Å². The molecule has 2 aliphatic rings. The topological polar surface area (TPSA) is 39.1 Å². The van der Waals surface area contributed by atoms with E-state index >= 15 is 0 Å². The third-order valence-corrected chi connectivity index (χ3v) is 4.70. The van der Waals surface area contributed by atoms with E-state index in [1.54, 1.807) is 0 Å². The van der Waals surface area contributed by atoms with Crippen LogP contribution in [0.4, 0.5) is 0 Å². The van der Waals surface area contributed by atoms with Gasteiger partial charge in [-0.15, -0.1) is 0 Å². The van der Waals surface area contributed by atoms with E-state index in [-0.39, 0.29) is 5.92 Å². The van der Waals surface area contributed by atoms with Crippen molar-refractivity contribution in [1.82, 2.24) is 10.2 Å². The maximum atomic E-state index is 9.28. The predicted octanol–water partition coefficient (Wildman–Crippen LogP) is 2.53. The number of nitriles is 1. The van der Waals surface area contributed by atoms with Crippen molar-refractivity contribution in [2.75, 3.05) is 19.6 Å². The van der Waals surface area contributed by atoms with Crippen LogP contribution in [-0.4, -0.2) is 36.6 Å². The maximum absolute atomic E-state index is 9.28. The van der Waals surface area contributed by atoms with Crippen LogP contribution in [-0.2, 0) is 0 Å². The first-order chi connectivity index (χ1) is 8.85. The first-order valence-electron chi connectivity index (χ1n) is 7.72. The quantitative estimate of drug-likeness (QED) is 0.778. The van der Waals surface area contributed by atoms with E-state index in [1.807, 2.05) is 0 Å². The van der Waals surface area contributed by atoms with Crippen molar-refractivity contribution in [1.29, 1.82) is 5.26 Å². The minimum Gasteiger partial charge on any atom is -0.311 e. The van der Waals surface area contributed by atoms with Gasteiger partial charge in [-0.1, -0.05) is 26.2 Å². The molecule has 0 aromatic carbocycles. The highest BCUT2D eigenvalue weighted by Crippen LogP contribution is 2.23. The van der Waals surface area contributed by atoms with E-state index in [0.717, 1.165) is 13.0 Å². The van der Waals surface area contributed by atoms with Crippen LogP contribution in [0, 0.1) is 17.2 Å². The van der Waals surface area contributed by atoms with E-state index in [2.05, 4.69) is 23.2 Å². The molecule has 3 atom stereocenters. The Bertz CT molecular complexity index is 284. The number of likely N-dealkylation sites (tertiary alicyclic amines) is 1. The van der Waals surface area contributed by atoms with E-state index in [1.165, 1.54) is 51.6 Å². The summed E-state index contributed by atoms with van der Waals surface area (Å²) in [4.78, 5) is 2.57. The highest BCUT2D eigenvalue weighted by Gasteiger charge is 2.27. The minimum atomic E-state index is 0.240. The molecule has 0 aromatic heterocycles. The Morgan fingerprint density at radius 1 is 1.17 bits per heavy atom. The summed E-state index contributed by atoms with van der Waals surface area (Å²) in [5.74, 6) is 0.240. The lowest BCUT2D eigenvalue weighted by Gasteiger charge is -2.27. The summed E-state index contributed by atoms with van der Waals surface area (Å²) in [6.45, 7) is 5.76. The van der Waals surface area contributed by atoms with E-state index < -0.39 is 0 Å². The summed E-state index contributed by atoms with van der Waals surface area (Å²) in [6.07, 6.45) is 8.78. The summed E-state index contributed by atoms with van der Waals surface area (Å²) >= 11 is 0. The van der Waals surface area contributed by atoms with Crippen molar-refractivity contribution in [2.45, 2.75) is 64.0 Å². The molecule has 1 aliphatic heterocycles. The molecule has 2 rings (SSSR count). The maximum Gasteiger partial charge on any atom is 0.0672 e. The van der Waals surface area contributed by atoms with Gasteiger partial charge in [0.1, 0.15) is 0 Å². The second kappa shape index (κ2) is 7.11. The number of hydrogen-bond acceptors (Lipinski definition) is 3. The highest BCUT2D eigenvalue weighted by atomic mass is 15.2. The fourth-order valence-electron chi connectivity index (χ4n) is 3.54. The Kier molecular flexibility index (Phi) is 5.46. The normalized spacial score (nSPS) is 34.1. The van der Waals surface area contributed by atoms with Gasteiger partial charge in [-0.3, -0.25) is 4.90 Å². The highest BCUT2D eigenvalue weighted by molar-refractivity contribution is 4.94. The van der Waals surface area contributed by atoms with E-state index in [9.17, 15) is 5.26 Å². The van der Waals surface area contributed by atoms with Crippen LogP contribution in [0.1, 0.15) is 51.9 Å². The number of nitrogens with one attached hydrogen (secondary N) is 1. The number of hydrogen-bond donors (Lipinski definition) is 1. The fraction of sp³-hybridized carbons (Fsp3) is 0.933. The lowest BCUT2D eigenvalue weighted by atomic mass is 9.96. The first-order valence-corrected chi connectivity index (χ1v) is 7.72. The summed E-state index contributed by atoms with van der Waals surface area (Å²) in [5.41, 5.74) is 0. The zero-order valence-electron chi connectivity index (χ0n) is 11.7. The van der Waals surface area contributed by atoms with Crippen LogP contribution in [0.2, 0.25) is 0 Å². The van der Waals surface area contributed by atoms with Crippen molar-refractivity contribution < 1.29 is 0 Å². The SMILES string of the molecule is CCN1CCCC1CNC1CCCCCC1C#N. The van der Waals surface area contributed by atoms with Gasteiger partial charge >= 0.3 is 0 Å². The molecule has 0 bridgehead atoms. The van der Waals surface area contributed by atoms with Crippen LogP contribution < -0.4 is 5.32 Å². The zero-order chi connectivity index (χ0) is 12.8. The molecule has 3 unspecified atom stereocenters. The molecule has 0 radical (unpaired) electrons. The Morgan fingerprint density at radius 3 is 2.78 bits per heavy atom. The monoisotopic (exact) mass is 249 g/mol. The van der Waals surface area contributed by atoms with Gasteiger partial charge in [0.15, 0.2) is 0 Å². The summed E-state index contributed by atoms with van der Waals surface area (Å²) in [7, 11) is 0. The molecule has 1 saturated heterocycles. The van der Waals surface area contributed by atoms with Crippen molar-refractivity contribution >= 4 is 0 Å². The minimum absolute atomic E-state index is 0.240. The smallest absolute Gasteiger partial charge is 0.0672 e. The molecule has 3 nitrogen and oxygen atoms in total. The van der Waals surface area contributed by atoms with Crippen LogP contribution in [0.15, 0.2) is 0 Å². The molecular weight excluding hydrogens is 222 g/mol. The number of rotatable bonds is 4. The van der Waals surface area contributed by atoms with Gasteiger partial charge in [-0.2, -0.15) is 5.26 Å². The van der Waals surface area contributed by atoms with Crippen LogP contribution >= 0.6 is 0 Å². The summed E-state index contributed by atoms with van der Waals surface area (Å²) in [5, 5.41) is 13.0. The molecular formula is C15H27N3. The average molecular weight is 249 g/mol. The molecule has 1 heterocycles. The third-order valence-electron chi connectivity index (χ3n) is 4.70. The molecule has 2 fully saturated rings.